The summed E-state index contributed by atoms with van der Waals surface area (Å²) >= 11 is 2.00. The molecular weight excluding hydrogens is 346 g/mol. The van der Waals surface area contributed by atoms with E-state index in [2.05, 4.69) is 0 Å². The van der Waals surface area contributed by atoms with Gasteiger partial charge in [-0.25, -0.2) is 4.39 Å². The van der Waals surface area contributed by atoms with Gasteiger partial charge in [0.05, 0.1) is 5.56 Å². The molecule has 98 valence electrons. The Morgan fingerprint density at radius 3 is 2.89 bits per heavy atom. The van der Waals surface area contributed by atoms with Crippen molar-refractivity contribution >= 4 is 28.5 Å². The van der Waals surface area contributed by atoms with Crippen LogP contribution >= 0.6 is 22.6 Å². The molecule has 2 unspecified atom stereocenters. The zero-order valence-corrected chi connectivity index (χ0v) is 12.4. The van der Waals surface area contributed by atoms with Crippen LogP contribution in [0.1, 0.15) is 23.7 Å². The first kappa shape index (κ1) is 13.7. The van der Waals surface area contributed by atoms with Crippen LogP contribution in [0.3, 0.4) is 0 Å². The first-order valence-corrected chi connectivity index (χ1v) is 7.07. The third-order valence-electron chi connectivity index (χ3n) is 3.43. The lowest BCUT2D eigenvalue weighted by atomic mass is 10.1. The van der Waals surface area contributed by atoms with Crippen LogP contribution in [0.5, 0.6) is 0 Å². The van der Waals surface area contributed by atoms with Gasteiger partial charge in [0.25, 0.3) is 5.91 Å². The third kappa shape index (κ3) is 2.51. The topological polar surface area (TPSA) is 46.3 Å². The Hall–Kier alpha value is -0.690. The van der Waals surface area contributed by atoms with E-state index < -0.39 is 5.82 Å². The molecule has 1 aromatic rings. The molecule has 1 aromatic carbocycles. The first-order valence-electron chi connectivity index (χ1n) is 5.99. The number of amides is 1. The number of carbonyl (C=O) groups is 1. The molecule has 3 nitrogen and oxygen atoms in total. The van der Waals surface area contributed by atoms with Gasteiger partial charge < -0.3 is 10.6 Å². The SMILES string of the molecule is CC1CC(CN)CN1C(=O)c1c(F)cccc1I. The molecule has 2 N–H and O–H groups in total. The molecular formula is C13H16FIN2O. The average Bonchev–Trinajstić information content (AvgIpc) is 2.70. The Morgan fingerprint density at radius 2 is 2.33 bits per heavy atom. The maximum Gasteiger partial charge on any atom is 0.258 e. The molecule has 1 heterocycles. The molecule has 0 spiro atoms. The molecule has 0 bridgehead atoms. The molecule has 1 saturated heterocycles. The average molecular weight is 362 g/mol. The molecule has 5 heteroatoms. The fourth-order valence-electron chi connectivity index (χ4n) is 2.44. The van der Waals surface area contributed by atoms with Crippen LogP contribution in [0.2, 0.25) is 0 Å². The Balaban J connectivity index is 2.27. The summed E-state index contributed by atoms with van der Waals surface area (Å²) in [5.41, 5.74) is 5.83. The second-order valence-electron chi connectivity index (χ2n) is 4.74. The van der Waals surface area contributed by atoms with Crippen molar-refractivity contribution in [1.82, 2.24) is 4.90 Å². The van der Waals surface area contributed by atoms with Gasteiger partial charge >= 0.3 is 0 Å². The highest BCUT2D eigenvalue weighted by molar-refractivity contribution is 14.1. The summed E-state index contributed by atoms with van der Waals surface area (Å²) in [4.78, 5) is 14.1. The number of hydrogen-bond acceptors (Lipinski definition) is 2. The highest BCUT2D eigenvalue weighted by Crippen LogP contribution is 2.26. The van der Waals surface area contributed by atoms with E-state index in [1.165, 1.54) is 6.07 Å². The van der Waals surface area contributed by atoms with Crippen molar-refractivity contribution in [3.63, 3.8) is 0 Å². The number of benzene rings is 1. The Labute approximate surface area is 120 Å². The Kier molecular flexibility index (Phi) is 4.21. The van der Waals surface area contributed by atoms with Gasteiger partial charge in [-0.1, -0.05) is 6.07 Å². The van der Waals surface area contributed by atoms with Gasteiger partial charge in [0.15, 0.2) is 0 Å². The standard InChI is InChI=1S/C13H16FIN2O/c1-8-5-9(6-16)7-17(8)13(18)12-10(14)3-2-4-11(12)15/h2-4,8-9H,5-7,16H2,1H3. The van der Waals surface area contributed by atoms with E-state index >= 15 is 0 Å². The highest BCUT2D eigenvalue weighted by atomic mass is 127. The molecule has 1 amide bonds. The summed E-state index contributed by atoms with van der Waals surface area (Å²) in [6, 6.07) is 4.82. The summed E-state index contributed by atoms with van der Waals surface area (Å²) in [6.07, 6.45) is 0.896. The highest BCUT2D eigenvalue weighted by Gasteiger charge is 2.33. The molecule has 0 saturated carbocycles. The van der Waals surface area contributed by atoms with Gasteiger partial charge in [-0.2, -0.15) is 0 Å². The number of nitrogens with two attached hydrogens (primary N) is 1. The summed E-state index contributed by atoms with van der Waals surface area (Å²) in [5.74, 6) is -0.343. The lowest BCUT2D eigenvalue weighted by Gasteiger charge is -2.22. The molecule has 1 fully saturated rings. The predicted molar refractivity (Wildman–Crippen MR) is 76.8 cm³/mol. The second-order valence-corrected chi connectivity index (χ2v) is 5.90. The fourth-order valence-corrected chi connectivity index (χ4v) is 3.14. The monoisotopic (exact) mass is 362 g/mol. The summed E-state index contributed by atoms with van der Waals surface area (Å²) < 4.78 is 14.4. The molecule has 0 aliphatic carbocycles. The van der Waals surface area contributed by atoms with Crippen LogP contribution in [0, 0.1) is 15.3 Å². The van der Waals surface area contributed by atoms with Crippen molar-refractivity contribution in [3.05, 3.63) is 33.1 Å². The fraction of sp³-hybridized carbons (Fsp3) is 0.462. The van der Waals surface area contributed by atoms with E-state index in [-0.39, 0.29) is 17.5 Å². The largest absolute Gasteiger partial charge is 0.335 e. The minimum absolute atomic E-state index is 0.126. The van der Waals surface area contributed by atoms with Crippen LogP contribution in [0.25, 0.3) is 0 Å². The van der Waals surface area contributed by atoms with E-state index in [4.69, 9.17) is 5.73 Å². The maximum absolute atomic E-state index is 13.8. The molecule has 0 aromatic heterocycles. The molecule has 0 radical (unpaired) electrons. The minimum atomic E-state index is -0.449. The summed E-state index contributed by atoms with van der Waals surface area (Å²) in [7, 11) is 0. The number of likely N-dealkylation sites (tertiary alicyclic amines) is 1. The van der Waals surface area contributed by atoms with E-state index in [9.17, 15) is 9.18 Å². The van der Waals surface area contributed by atoms with Crippen molar-refractivity contribution in [2.45, 2.75) is 19.4 Å². The number of carbonyl (C=O) groups excluding carboxylic acids is 1. The third-order valence-corrected chi connectivity index (χ3v) is 4.33. The van der Waals surface area contributed by atoms with Gasteiger partial charge in [-0.05, 0) is 60.5 Å². The number of halogens is 2. The van der Waals surface area contributed by atoms with E-state index in [0.29, 0.717) is 22.6 Å². The van der Waals surface area contributed by atoms with Crippen LogP contribution in [-0.4, -0.2) is 29.9 Å². The van der Waals surface area contributed by atoms with Gasteiger partial charge in [-0.15, -0.1) is 0 Å². The van der Waals surface area contributed by atoms with Gasteiger partial charge in [-0.3, -0.25) is 4.79 Å². The number of hydrogen-bond donors (Lipinski definition) is 1. The Bertz CT molecular complexity index is 446. The normalized spacial score (nSPS) is 23.4. The second kappa shape index (κ2) is 5.52. The summed E-state index contributed by atoms with van der Waals surface area (Å²) in [6.45, 7) is 3.19. The van der Waals surface area contributed by atoms with Crippen LogP contribution in [0.15, 0.2) is 18.2 Å². The summed E-state index contributed by atoms with van der Waals surface area (Å²) in [5, 5.41) is 0. The zero-order chi connectivity index (χ0) is 13.3. The van der Waals surface area contributed by atoms with Crippen molar-refractivity contribution in [3.8, 4) is 0 Å². The van der Waals surface area contributed by atoms with E-state index in [1.807, 2.05) is 29.5 Å². The molecule has 2 atom stereocenters. The molecule has 2 rings (SSSR count). The quantitative estimate of drug-likeness (QED) is 0.821. The van der Waals surface area contributed by atoms with Gasteiger partial charge in [0, 0.05) is 16.2 Å². The van der Waals surface area contributed by atoms with E-state index in [1.54, 1.807) is 17.0 Å². The first-order chi connectivity index (χ1) is 8.54. The lowest BCUT2D eigenvalue weighted by molar-refractivity contribution is 0.0737. The smallest absolute Gasteiger partial charge is 0.258 e. The molecule has 1 aliphatic heterocycles. The maximum atomic E-state index is 13.8. The van der Waals surface area contributed by atoms with Crippen molar-refractivity contribution in [1.29, 1.82) is 0 Å². The zero-order valence-electron chi connectivity index (χ0n) is 10.2. The van der Waals surface area contributed by atoms with Crippen LogP contribution in [-0.2, 0) is 0 Å². The minimum Gasteiger partial charge on any atom is -0.335 e. The molecule has 1 aliphatic rings. The number of rotatable bonds is 2. The number of nitrogens with zero attached hydrogens (tertiary/aromatic N) is 1. The predicted octanol–water partition coefficient (Wildman–Crippen LogP) is 2.24. The van der Waals surface area contributed by atoms with Gasteiger partial charge in [0.1, 0.15) is 5.82 Å². The van der Waals surface area contributed by atoms with Crippen LogP contribution in [0.4, 0.5) is 4.39 Å². The van der Waals surface area contributed by atoms with Crippen LogP contribution < -0.4 is 5.73 Å². The lowest BCUT2D eigenvalue weighted by Crippen LogP contribution is -2.35. The van der Waals surface area contributed by atoms with Crippen molar-refractivity contribution < 1.29 is 9.18 Å². The van der Waals surface area contributed by atoms with Crippen molar-refractivity contribution in [2.75, 3.05) is 13.1 Å². The Morgan fingerprint density at radius 1 is 1.61 bits per heavy atom. The van der Waals surface area contributed by atoms with Gasteiger partial charge in [0.2, 0.25) is 0 Å². The van der Waals surface area contributed by atoms with Crippen molar-refractivity contribution in [2.24, 2.45) is 11.7 Å². The van der Waals surface area contributed by atoms with E-state index in [0.717, 1.165) is 6.42 Å². The molecule has 18 heavy (non-hydrogen) atoms.